The molecule has 0 radical (unpaired) electrons. The van der Waals surface area contributed by atoms with Crippen LogP contribution in [-0.4, -0.2) is 22.2 Å². The highest BCUT2D eigenvalue weighted by Crippen LogP contribution is 2.28. The van der Waals surface area contributed by atoms with Crippen molar-refractivity contribution in [1.29, 1.82) is 0 Å². The molecule has 3 aromatic rings. The molecule has 0 aliphatic rings. The molecule has 0 saturated heterocycles. The zero-order valence-corrected chi connectivity index (χ0v) is 17.1. The molecular weight excluding hydrogens is 378 g/mol. The Balaban J connectivity index is 1.55. The number of nitrogens with zero attached hydrogens (tertiary/aromatic N) is 2. The third kappa shape index (κ3) is 5.80. The van der Waals surface area contributed by atoms with E-state index in [1.54, 1.807) is 36.0 Å². The van der Waals surface area contributed by atoms with Crippen molar-refractivity contribution in [3.05, 3.63) is 65.2 Å². The van der Waals surface area contributed by atoms with Crippen molar-refractivity contribution in [3.63, 3.8) is 0 Å². The third-order valence-corrected chi connectivity index (χ3v) is 5.64. The Hall–Kier alpha value is -2.38. The van der Waals surface area contributed by atoms with Gasteiger partial charge in [-0.15, -0.1) is 10.2 Å². The average molecular weight is 400 g/mol. The number of aryl methyl sites for hydroxylation is 1. The highest BCUT2D eigenvalue weighted by molar-refractivity contribution is 8.00. The number of hydrogen-bond acceptors (Lipinski definition) is 6. The lowest BCUT2D eigenvalue weighted by atomic mass is 10.2. The van der Waals surface area contributed by atoms with E-state index in [9.17, 15) is 4.79 Å². The van der Waals surface area contributed by atoms with Gasteiger partial charge in [0.25, 0.3) is 5.91 Å². The Bertz CT molecular complexity index is 890. The van der Waals surface area contributed by atoms with Gasteiger partial charge in [0.05, 0.1) is 6.10 Å². The number of hydrogen-bond donors (Lipinski definition) is 1. The van der Waals surface area contributed by atoms with E-state index >= 15 is 0 Å². The number of carbonyl (C=O) groups is 1. The first-order valence-corrected chi connectivity index (χ1v) is 10.4. The summed E-state index contributed by atoms with van der Waals surface area (Å²) in [6, 6.07) is 15.5. The Kier molecular flexibility index (Phi) is 6.47. The van der Waals surface area contributed by atoms with Crippen molar-refractivity contribution < 1.29 is 9.53 Å². The first kappa shape index (κ1) is 19.4. The summed E-state index contributed by atoms with van der Waals surface area (Å²) < 4.78 is 6.41. The van der Waals surface area contributed by atoms with Crippen LogP contribution in [0.15, 0.2) is 52.9 Å². The molecule has 7 heteroatoms. The van der Waals surface area contributed by atoms with Crippen molar-refractivity contribution in [2.75, 3.05) is 5.32 Å². The largest absolute Gasteiger partial charge is 0.491 e. The smallest absolute Gasteiger partial charge is 0.257 e. The predicted octanol–water partition coefficient (Wildman–Crippen LogP) is 5.18. The molecule has 0 aliphatic carbocycles. The maximum absolute atomic E-state index is 12.3. The van der Waals surface area contributed by atoms with Gasteiger partial charge in [0.2, 0.25) is 5.13 Å². The highest BCUT2D eigenvalue weighted by Gasteiger charge is 2.11. The van der Waals surface area contributed by atoms with Crippen LogP contribution < -0.4 is 10.1 Å². The van der Waals surface area contributed by atoms with Gasteiger partial charge in [0.1, 0.15) is 5.75 Å². The molecule has 1 aromatic heterocycles. The van der Waals surface area contributed by atoms with Gasteiger partial charge in [-0.3, -0.25) is 10.1 Å². The predicted molar refractivity (Wildman–Crippen MR) is 111 cm³/mol. The molecule has 0 unspecified atom stereocenters. The fourth-order valence-corrected chi connectivity index (χ4v) is 3.98. The Morgan fingerprint density at radius 1 is 1.11 bits per heavy atom. The summed E-state index contributed by atoms with van der Waals surface area (Å²) in [6.07, 6.45) is 0.0990. The van der Waals surface area contributed by atoms with Crippen LogP contribution in [0.5, 0.6) is 5.75 Å². The van der Waals surface area contributed by atoms with Gasteiger partial charge in [-0.05, 0) is 50.6 Å². The molecule has 1 heterocycles. The summed E-state index contributed by atoms with van der Waals surface area (Å²) in [7, 11) is 0. The summed E-state index contributed by atoms with van der Waals surface area (Å²) >= 11 is 2.98. The van der Waals surface area contributed by atoms with Crippen LogP contribution in [0.25, 0.3) is 0 Å². The van der Waals surface area contributed by atoms with Gasteiger partial charge < -0.3 is 4.74 Å². The summed E-state index contributed by atoms with van der Waals surface area (Å²) in [5.74, 6) is 1.35. The highest BCUT2D eigenvalue weighted by atomic mass is 32.2. The van der Waals surface area contributed by atoms with Crippen molar-refractivity contribution in [1.82, 2.24) is 10.2 Å². The average Bonchev–Trinajstić information content (AvgIpc) is 3.08. The van der Waals surface area contributed by atoms with Crippen LogP contribution in [-0.2, 0) is 5.75 Å². The molecule has 0 saturated carbocycles. The first-order valence-electron chi connectivity index (χ1n) is 8.59. The monoisotopic (exact) mass is 399 g/mol. The molecule has 0 aliphatic heterocycles. The molecule has 0 spiro atoms. The maximum atomic E-state index is 12.3. The van der Waals surface area contributed by atoms with E-state index in [4.69, 9.17) is 4.74 Å². The van der Waals surface area contributed by atoms with E-state index in [1.807, 2.05) is 13.8 Å². The molecule has 1 amide bonds. The lowest BCUT2D eigenvalue weighted by molar-refractivity contribution is 0.102. The second kappa shape index (κ2) is 9.01. The maximum Gasteiger partial charge on any atom is 0.257 e. The SMILES string of the molecule is Cc1ccc(CSc2nnc(NC(=O)c3ccc(OC(C)C)cc3)s2)cc1. The van der Waals surface area contributed by atoms with E-state index in [1.165, 1.54) is 22.5 Å². The zero-order valence-electron chi connectivity index (χ0n) is 15.4. The van der Waals surface area contributed by atoms with Crippen LogP contribution >= 0.6 is 23.1 Å². The summed E-state index contributed by atoms with van der Waals surface area (Å²) in [5, 5.41) is 11.5. The molecule has 0 atom stereocenters. The molecule has 0 bridgehead atoms. The van der Waals surface area contributed by atoms with Crippen LogP contribution in [0.3, 0.4) is 0 Å². The first-order chi connectivity index (χ1) is 13.0. The van der Waals surface area contributed by atoms with E-state index in [0.29, 0.717) is 10.7 Å². The molecular formula is C20H21N3O2S2. The number of carbonyl (C=O) groups excluding carboxylic acids is 1. The molecule has 0 fully saturated rings. The van der Waals surface area contributed by atoms with E-state index in [2.05, 4.69) is 46.7 Å². The normalized spacial score (nSPS) is 10.8. The third-order valence-electron chi connectivity index (χ3n) is 3.60. The van der Waals surface area contributed by atoms with Crippen LogP contribution in [0.1, 0.15) is 35.3 Å². The lowest BCUT2D eigenvalue weighted by Crippen LogP contribution is -2.12. The standard InChI is InChI=1S/C20H21N3O2S2/c1-13(2)25-17-10-8-16(9-11-17)18(24)21-19-22-23-20(27-19)26-12-15-6-4-14(3)5-7-15/h4-11,13H,12H2,1-3H3,(H,21,22,24). The fraction of sp³-hybridized carbons (Fsp3) is 0.250. The molecule has 140 valence electrons. The fourth-order valence-electron chi connectivity index (χ4n) is 2.27. The van der Waals surface area contributed by atoms with Gasteiger partial charge >= 0.3 is 0 Å². The van der Waals surface area contributed by atoms with Gasteiger partial charge in [-0.1, -0.05) is 52.9 Å². The topological polar surface area (TPSA) is 64.1 Å². The van der Waals surface area contributed by atoms with Crippen molar-refractivity contribution in [2.24, 2.45) is 0 Å². The number of nitrogens with one attached hydrogen (secondary N) is 1. The number of amides is 1. The number of benzene rings is 2. The van der Waals surface area contributed by atoms with Gasteiger partial charge in [-0.25, -0.2) is 0 Å². The minimum absolute atomic E-state index is 0.0990. The van der Waals surface area contributed by atoms with E-state index < -0.39 is 0 Å². The van der Waals surface area contributed by atoms with Crippen LogP contribution in [0.2, 0.25) is 0 Å². The van der Waals surface area contributed by atoms with Crippen LogP contribution in [0.4, 0.5) is 5.13 Å². The molecule has 3 rings (SSSR count). The van der Waals surface area contributed by atoms with E-state index in [0.717, 1.165) is 15.8 Å². The minimum atomic E-state index is -0.211. The number of aromatic nitrogens is 2. The Morgan fingerprint density at radius 3 is 2.48 bits per heavy atom. The zero-order chi connectivity index (χ0) is 19.2. The van der Waals surface area contributed by atoms with Gasteiger partial charge in [0.15, 0.2) is 4.34 Å². The summed E-state index contributed by atoms with van der Waals surface area (Å²) in [5.41, 5.74) is 3.03. The van der Waals surface area contributed by atoms with Crippen LogP contribution in [0, 0.1) is 6.92 Å². The number of rotatable bonds is 7. The Morgan fingerprint density at radius 2 is 1.81 bits per heavy atom. The second-order valence-electron chi connectivity index (χ2n) is 6.29. The molecule has 27 heavy (non-hydrogen) atoms. The summed E-state index contributed by atoms with van der Waals surface area (Å²) in [6.45, 7) is 6.00. The molecule has 1 N–H and O–H groups in total. The molecule has 5 nitrogen and oxygen atoms in total. The number of anilines is 1. The Labute approximate surface area is 167 Å². The number of thioether (sulfide) groups is 1. The van der Waals surface area contributed by atoms with Crippen molar-refractivity contribution in [2.45, 2.75) is 37.0 Å². The minimum Gasteiger partial charge on any atom is -0.491 e. The lowest BCUT2D eigenvalue weighted by Gasteiger charge is -2.09. The number of ether oxygens (including phenoxy) is 1. The van der Waals surface area contributed by atoms with E-state index in [-0.39, 0.29) is 12.0 Å². The summed E-state index contributed by atoms with van der Waals surface area (Å²) in [4.78, 5) is 12.3. The quantitative estimate of drug-likeness (QED) is 0.438. The molecule has 2 aromatic carbocycles. The van der Waals surface area contributed by atoms with Crippen molar-refractivity contribution >= 4 is 34.1 Å². The van der Waals surface area contributed by atoms with Gasteiger partial charge in [-0.2, -0.15) is 0 Å². The van der Waals surface area contributed by atoms with Gasteiger partial charge in [0, 0.05) is 11.3 Å². The second-order valence-corrected chi connectivity index (χ2v) is 8.49. The van der Waals surface area contributed by atoms with Crippen molar-refractivity contribution in [3.8, 4) is 5.75 Å².